The number of carboxylic acids is 1. The minimum absolute atomic E-state index is 0.0177. The number of amides is 2. The highest BCUT2D eigenvalue weighted by atomic mass is 19.4. The molecular formula is C17H21F3N2O5. The van der Waals surface area contributed by atoms with Gasteiger partial charge in [-0.3, -0.25) is 9.59 Å². The fourth-order valence-electron chi connectivity index (χ4n) is 2.21. The smallest absolute Gasteiger partial charge is 0.422 e. The van der Waals surface area contributed by atoms with Crippen molar-refractivity contribution in [2.75, 3.05) is 19.7 Å². The van der Waals surface area contributed by atoms with Gasteiger partial charge in [0, 0.05) is 20.0 Å². The number of halogens is 3. The van der Waals surface area contributed by atoms with Crippen LogP contribution in [-0.2, 0) is 20.8 Å². The van der Waals surface area contributed by atoms with Crippen LogP contribution in [0, 0.1) is 0 Å². The number of nitrogens with one attached hydrogen (secondary N) is 1. The Morgan fingerprint density at radius 2 is 1.96 bits per heavy atom. The summed E-state index contributed by atoms with van der Waals surface area (Å²) in [4.78, 5) is 35.7. The number of rotatable bonds is 9. The zero-order valence-electron chi connectivity index (χ0n) is 14.9. The Hall–Kier alpha value is -2.78. The number of hydrogen-bond acceptors (Lipinski definition) is 4. The van der Waals surface area contributed by atoms with Crippen LogP contribution in [0.4, 0.5) is 13.2 Å². The van der Waals surface area contributed by atoms with Crippen LogP contribution >= 0.6 is 0 Å². The van der Waals surface area contributed by atoms with Crippen molar-refractivity contribution in [3.8, 4) is 5.75 Å². The molecule has 1 aromatic rings. The third kappa shape index (κ3) is 8.43. The quantitative estimate of drug-likeness (QED) is 0.668. The Kier molecular flexibility index (Phi) is 8.07. The standard InChI is InChI=1S/C17H21F3N2O5/c1-11(16(25)26)22(7-6-21-12(2)23)15(24)9-13-4-3-5-14(8-13)27-10-17(18,19)20/h3-5,8,11H,6-7,9-10H2,1-2H3,(H,21,23)(H,25,26). The zero-order valence-corrected chi connectivity index (χ0v) is 14.9. The average Bonchev–Trinajstić information content (AvgIpc) is 2.55. The summed E-state index contributed by atoms with van der Waals surface area (Å²) in [6, 6.07) is 4.46. The molecule has 1 unspecified atom stereocenters. The second kappa shape index (κ2) is 9.79. The number of carboxylic acid groups (broad SMARTS) is 1. The number of alkyl halides is 3. The summed E-state index contributed by atoms with van der Waals surface area (Å²) in [5.41, 5.74) is 0.377. The number of nitrogens with zero attached hydrogens (tertiary/aromatic N) is 1. The molecule has 1 rings (SSSR count). The largest absolute Gasteiger partial charge is 0.484 e. The van der Waals surface area contributed by atoms with Gasteiger partial charge >= 0.3 is 12.1 Å². The van der Waals surface area contributed by atoms with Crippen LogP contribution in [0.25, 0.3) is 0 Å². The van der Waals surface area contributed by atoms with Gasteiger partial charge < -0.3 is 20.1 Å². The van der Waals surface area contributed by atoms with Crippen molar-refractivity contribution in [2.24, 2.45) is 0 Å². The number of benzene rings is 1. The number of hydrogen-bond donors (Lipinski definition) is 2. The summed E-state index contributed by atoms with van der Waals surface area (Å²) in [5, 5.41) is 11.6. The van der Waals surface area contributed by atoms with E-state index in [-0.39, 0.29) is 31.2 Å². The molecule has 0 aliphatic carbocycles. The molecule has 0 spiro atoms. The van der Waals surface area contributed by atoms with Crippen molar-refractivity contribution in [2.45, 2.75) is 32.5 Å². The lowest BCUT2D eigenvalue weighted by Gasteiger charge is -2.26. The van der Waals surface area contributed by atoms with Gasteiger partial charge in [-0.1, -0.05) is 12.1 Å². The summed E-state index contributed by atoms with van der Waals surface area (Å²) in [6.45, 7) is 1.23. The molecule has 27 heavy (non-hydrogen) atoms. The van der Waals surface area contributed by atoms with Gasteiger partial charge in [-0.05, 0) is 24.6 Å². The molecule has 150 valence electrons. The van der Waals surface area contributed by atoms with E-state index in [4.69, 9.17) is 5.11 Å². The predicted molar refractivity (Wildman–Crippen MR) is 89.2 cm³/mol. The average molecular weight is 390 g/mol. The molecule has 0 aliphatic heterocycles. The maximum Gasteiger partial charge on any atom is 0.422 e. The molecule has 1 atom stereocenters. The second-order valence-corrected chi connectivity index (χ2v) is 5.81. The van der Waals surface area contributed by atoms with Crippen LogP contribution in [0.2, 0.25) is 0 Å². The molecule has 0 bridgehead atoms. The highest BCUT2D eigenvalue weighted by molar-refractivity contribution is 5.85. The lowest BCUT2D eigenvalue weighted by molar-refractivity contribution is -0.153. The summed E-state index contributed by atoms with van der Waals surface area (Å²) in [6.07, 6.45) is -4.70. The first kappa shape index (κ1) is 22.3. The second-order valence-electron chi connectivity index (χ2n) is 5.81. The van der Waals surface area contributed by atoms with E-state index >= 15 is 0 Å². The zero-order chi connectivity index (χ0) is 20.6. The normalized spacial score (nSPS) is 12.2. The fourth-order valence-corrected chi connectivity index (χ4v) is 2.21. The Labute approximate surface area is 154 Å². The van der Waals surface area contributed by atoms with E-state index in [2.05, 4.69) is 10.1 Å². The first-order valence-electron chi connectivity index (χ1n) is 8.05. The monoisotopic (exact) mass is 390 g/mol. The Morgan fingerprint density at radius 3 is 2.52 bits per heavy atom. The lowest BCUT2D eigenvalue weighted by Crippen LogP contribution is -2.47. The number of carbonyl (C=O) groups is 3. The molecule has 7 nitrogen and oxygen atoms in total. The molecule has 0 radical (unpaired) electrons. The van der Waals surface area contributed by atoms with Crippen LogP contribution in [0.15, 0.2) is 24.3 Å². The Bertz CT molecular complexity index is 679. The van der Waals surface area contributed by atoms with E-state index in [0.717, 1.165) is 4.90 Å². The summed E-state index contributed by atoms with van der Waals surface area (Å²) >= 11 is 0. The van der Waals surface area contributed by atoms with Gasteiger partial charge in [0.1, 0.15) is 11.8 Å². The number of aliphatic carboxylic acids is 1. The molecule has 0 saturated carbocycles. The maximum atomic E-state index is 12.5. The summed E-state index contributed by atoms with van der Waals surface area (Å²) < 4.78 is 41.3. The van der Waals surface area contributed by atoms with Crippen LogP contribution in [0.5, 0.6) is 5.75 Å². The third-order valence-electron chi connectivity index (χ3n) is 3.53. The molecular weight excluding hydrogens is 369 g/mol. The first-order valence-corrected chi connectivity index (χ1v) is 8.05. The van der Waals surface area contributed by atoms with Gasteiger partial charge in [0.2, 0.25) is 11.8 Å². The fraction of sp³-hybridized carbons (Fsp3) is 0.471. The van der Waals surface area contributed by atoms with Gasteiger partial charge in [0.05, 0.1) is 6.42 Å². The Balaban J connectivity index is 2.81. The molecule has 0 aromatic heterocycles. The van der Waals surface area contributed by atoms with E-state index in [1.165, 1.54) is 38.1 Å². The highest BCUT2D eigenvalue weighted by Gasteiger charge is 2.28. The van der Waals surface area contributed by atoms with Gasteiger partial charge in [-0.15, -0.1) is 0 Å². The Morgan fingerprint density at radius 1 is 1.30 bits per heavy atom. The van der Waals surface area contributed by atoms with Crippen LogP contribution in [-0.4, -0.2) is 59.7 Å². The van der Waals surface area contributed by atoms with Crippen molar-refractivity contribution in [3.05, 3.63) is 29.8 Å². The molecule has 0 fully saturated rings. The summed E-state index contributed by atoms with van der Waals surface area (Å²) in [5.74, 6) is -2.12. The van der Waals surface area contributed by atoms with Gasteiger partial charge in [-0.25, -0.2) is 4.79 Å². The van der Waals surface area contributed by atoms with Crippen molar-refractivity contribution in [3.63, 3.8) is 0 Å². The van der Waals surface area contributed by atoms with Gasteiger partial charge in [-0.2, -0.15) is 13.2 Å². The van der Waals surface area contributed by atoms with E-state index in [0.29, 0.717) is 5.56 Å². The minimum Gasteiger partial charge on any atom is -0.484 e. The third-order valence-corrected chi connectivity index (χ3v) is 3.53. The van der Waals surface area contributed by atoms with Crippen molar-refractivity contribution >= 4 is 17.8 Å². The number of ether oxygens (including phenoxy) is 1. The van der Waals surface area contributed by atoms with E-state index in [9.17, 15) is 27.6 Å². The van der Waals surface area contributed by atoms with E-state index < -0.39 is 30.7 Å². The summed E-state index contributed by atoms with van der Waals surface area (Å²) in [7, 11) is 0. The van der Waals surface area contributed by atoms with Crippen molar-refractivity contribution < 1.29 is 37.4 Å². The van der Waals surface area contributed by atoms with E-state index in [1.54, 1.807) is 0 Å². The van der Waals surface area contributed by atoms with E-state index in [1.807, 2.05) is 0 Å². The molecule has 0 heterocycles. The molecule has 10 heteroatoms. The molecule has 2 amide bonds. The number of carbonyl (C=O) groups excluding carboxylic acids is 2. The van der Waals surface area contributed by atoms with Crippen LogP contribution in [0.1, 0.15) is 19.4 Å². The highest BCUT2D eigenvalue weighted by Crippen LogP contribution is 2.20. The van der Waals surface area contributed by atoms with Crippen molar-refractivity contribution in [1.82, 2.24) is 10.2 Å². The van der Waals surface area contributed by atoms with Crippen molar-refractivity contribution in [1.29, 1.82) is 0 Å². The van der Waals surface area contributed by atoms with Crippen LogP contribution < -0.4 is 10.1 Å². The predicted octanol–water partition coefficient (Wildman–Crippen LogP) is 1.61. The van der Waals surface area contributed by atoms with Crippen LogP contribution in [0.3, 0.4) is 0 Å². The van der Waals surface area contributed by atoms with Gasteiger partial charge in [0.15, 0.2) is 6.61 Å². The molecule has 0 saturated heterocycles. The molecule has 2 N–H and O–H groups in total. The van der Waals surface area contributed by atoms with Gasteiger partial charge in [0.25, 0.3) is 0 Å². The molecule has 1 aromatic carbocycles. The first-order chi connectivity index (χ1) is 12.5. The molecule has 0 aliphatic rings. The minimum atomic E-state index is -4.48. The lowest BCUT2D eigenvalue weighted by atomic mass is 10.1. The SMILES string of the molecule is CC(=O)NCCN(C(=O)Cc1cccc(OCC(F)(F)F)c1)C(C)C(=O)O. The maximum absolute atomic E-state index is 12.5. The topological polar surface area (TPSA) is 95.9 Å².